The van der Waals surface area contributed by atoms with Crippen molar-refractivity contribution in [3.05, 3.63) is 18.5 Å². The monoisotopic (exact) mass is 380 g/mol. The summed E-state index contributed by atoms with van der Waals surface area (Å²) in [7, 11) is -3.38. The van der Waals surface area contributed by atoms with E-state index in [2.05, 4.69) is 31.0 Å². The van der Waals surface area contributed by atoms with Crippen LogP contribution in [0.25, 0.3) is 5.65 Å². The minimum Gasteiger partial charge on any atom is -0.354 e. The molecule has 0 saturated carbocycles. The van der Waals surface area contributed by atoms with Crippen molar-refractivity contribution < 1.29 is 8.42 Å². The molecule has 0 radical (unpaired) electrons. The molecule has 0 bridgehead atoms. The van der Waals surface area contributed by atoms with Gasteiger partial charge in [0.05, 0.1) is 0 Å². The molecule has 2 saturated heterocycles. The molecule has 0 amide bonds. The molecular formula is C15H24N8O2S. The lowest BCUT2D eigenvalue weighted by Gasteiger charge is -2.27. The van der Waals surface area contributed by atoms with E-state index in [1.165, 1.54) is 0 Å². The summed E-state index contributed by atoms with van der Waals surface area (Å²) >= 11 is 0. The van der Waals surface area contributed by atoms with Gasteiger partial charge in [0, 0.05) is 38.3 Å². The molecule has 4 rings (SSSR count). The van der Waals surface area contributed by atoms with Crippen LogP contribution in [0.3, 0.4) is 0 Å². The molecule has 2 aliphatic heterocycles. The van der Waals surface area contributed by atoms with E-state index in [-0.39, 0.29) is 12.1 Å². The molecule has 2 aliphatic rings. The molecular weight excluding hydrogens is 356 g/mol. The van der Waals surface area contributed by atoms with Crippen molar-refractivity contribution in [3.63, 3.8) is 0 Å². The molecule has 0 aromatic carbocycles. The Bertz CT molecular complexity index is 875. The Balaban J connectivity index is 1.51. The fourth-order valence-corrected chi connectivity index (χ4v) is 6.04. The SMILES string of the molecule is CC1NNC(C)C1S(=O)(=O)N1CCCN(c2ccc3nncn3n2)CC1. The third-order valence-corrected chi connectivity index (χ3v) is 7.74. The fourth-order valence-electron chi connectivity index (χ4n) is 3.81. The smallest absolute Gasteiger partial charge is 0.220 e. The lowest BCUT2D eigenvalue weighted by molar-refractivity contribution is 0.417. The predicted molar refractivity (Wildman–Crippen MR) is 97.1 cm³/mol. The first-order valence-corrected chi connectivity index (χ1v) is 10.4. The maximum absolute atomic E-state index is 13.1. The van der Waals surface area contributed by atoms with Gasteiger partial charge >= 0.3 is 0 Å². The van der Waals surface area contributed by atoms with Gasteiger partial charge in [0.15, 0.2) is 5.65 Å². The molecule has 10 nitrogen and oxygen atoms in total. The van der Waals surface area contributed by atoms with E-state index < -0.39 is 15.3 Å². The van der Waals surface area contributed by atoms with Crippen molar-refractivity contribution >= 4 is 21.5 Å². The van der Waals surface area contributed by atoms with Crippen LogP contribution in [0.5, 0.6) is 0 Å². The lowest BCUT2D eigenvalue weighted by Crippen LogP contribution is -2.48. The topological polar surface area (TPSA) is 108 Å². The Morgan fingerprint density at radius 2 is 1.85 bits per heavy atom. The van der Waals surface area contributed by atoms with Crippen molar-refractivity contribution in [2.24, 2.45) is 0 Å². The number of hydrogen-bond donors (Lipinski definition) is 2. The van der Waals surface area contributed by atoms with Crippen molar-refractivity contribution in [1.82, 2.24) is 35.0 Å². The van der Waals surface area contributed by atoms with Gasteiger partial charge in [-0.15, -0.1) is 15.3 Å². The molecule has 2 aromatic rings. The molecule has 0 spiro atoms. The number of sulfonamides is 1. The van der Waals surface area contributed by atoms with Crippen molar-refractivity contribution in [2.45, 2.75) is 37.6 Å². The third-order valence-electron chi connectivity index (χ3n) is 5.15. The van der Waals surface area contributed by atoms with Crippen LogP contribution in [-0.2, 0) is 10.0 Å². The Labute approximate surface area is 152 Å². The average molecular weight is 380 g/mol. The number of nitrogens with one attached hydrogen (secondary N) is 2. The zero-order valence-electron chi connectivity index (χ0n) is 14.9. The summed E-state index contributed by atoms with van der Waals surface area (Å²) in [5.41, 5.74) is 6.77. The molecule has 142 valence electrons. The largest absolute Gasteiger partial charge is 0.354 e. The van der Waals surface area contributed by atoms with Gasteiger partial charge in [0.2, 0.25) is 10.0 Å². The molecule has 0 aliphatic carbocycles. The number of nitrogens with zero attached hydrogens (tertiary/aromatic N) is 6. The number of rotatable bonds is 3. The van der Waals surface area contributed by atoms with Crippen LogP contribution >= 0.6 is 0 Å². The van der Waals surface area contributed by atoms with Gasteiger partial charge in [-0.1, -0.05) is 0 Å². The van der Waals surface area contributed by atoms with Crippen LogP contribution in [0.1, 0.15) is 20.3 Å². The maximum atomic E-state index is 13.1. The van der Waals surface area contributed by atoms with Crippen molar-refractivity contribution in [1.29, 1.82) is 0 Å². The molecule has 2 N–H and O–H groups in total. The summed E-state index contributed by atoms with van der Waals surface area (Å²) in [4.78, 5) is 2.12. The van der Waals surface area contributed by atoms with E-state index in [1.54, 1.807) is 15.1 Å². The fraction of sp³-hybridized carbons (Fsp3) is 0.667. The summed E-state index contributed by atoms with van der Waals surface area (Å²) in [6.07, 6.45) is 2.33. The van der Waals surface area contributed by atoms with Crippen LogP contribution in [0.2, 0.25) is 0 Å². The van der Waals surface area contributed by atoms with Gasteiger partial charge < -0.3 is 4.90 Å². The van der Waals surface area contributed by atoms with Crippen molar-refractivity contribution in [3.8, 4) is 0 Å². The van der Waals surface area contributed by atoms with Gasteiger partial charge in [-0.3, -0.25) is 10.9 Å². The maximum Gasteiger partial charge on any atom is 0.220 e. The van der Waals surface area contributed by atoms with Gasteiger partial charge in [0.1, 0.15) is 17.4 Å². The predicted octanol–water partition coefficient (Wildman–Crippen LogP) is -0.780. The number of hydrogen-bond acceptors (Lipinski definition) is 8. The van der Waals surface area contributed by atoms with Crippen LogP contribution < -0.4 is 15.8 Å². The molecule has 4 heterocycles. The van der Waals surface area contributed by atoms with E-state index in [0.717, 1.165) is 18.8 Å². The van der Waals surface area contributed by atoms with E-state index in [9.17, 15) is 8.42 Å². The van der Waals surface area contributed by atoms with Gasteiger partial charge in [0.25, 0.3) is 0 Å². The average Bonchev–Trinajstić information content (AvgIpc) is 3.11. The molecule has 2 unspecified atom stereocenters. The molecule has 26 heavy (non-hydrogen) atoms. The number of hydrazine groups is 1. The third kappa shape index (κ3) is 3.04. The van der Waals surface area contributed by atoms with Crippen LogP contribution in [0.15, 0.2) is 18.5 Å². The van der Waals surface area contributed by atoms with Crippen LogP contribution in [0.4, 0.5) is 5.82 Å². The normalized spacial score (nSPS) is 28.5. The summed E-state index contributed by atoms with van der Waals surface area (Å²) in [6.45, 7) is 6.17. The zero-order chi connectivity index (χ0) is 18.3. The second kappa shape index (κ2) is 6.72. The highest BCUT2D eigenvalue weighted by atomic mass is 32.2. The second-order valence-electron chi connectivity index (χ2n) is 6.94. The standard InChI is InChI=1S/C15H24N8O2S/c1-11-15(12(2)18-17-11)26(24,25)22-7-3-6-21(8-9-22)14-5-4-13-19-16-10-23(13)20-14/h4-5,10-12,15,17-18H,3,6-9H2,1-2H3. The number of anilines is 1. The molecule has 11 heteroatoms. The van der Waals surface area contributed by atoms with Gasteiger partial charge in [-0.2, -0.15) is 8.82 Å². The first kappa shape index (κ1) is 17.6. The van der Waals surface area contributed by atoms with E-state index >= 15 is 0 Å². The summed E-state index contributed by atoms with van der Waals surface area (Å²) in [6, 6.07) is 3.54. The quantitative estimate of drug-likeness (QED) is 0.714. The van der Waals surface area contributed by atoms with E-state index in [0.29, 0.717) is 25.3 Å². The highest BCUT2D eigenvalue weighted by Gasteiger charge is 2.43. The Hall–Kier alpha value is -1.82. The Morgan fingerprint density at radius 1 is 1.08 bits per heavy atom. The van der Waals surface area contributed by atoms with Gasteiger partial charge in [-0.25, -0.2) is 8.42 Å². The van der Waals surface area contributed by atoms with E-state index in [1.807, 2.05) is 26.0 Å². The second-order valence-corrected chi connectivity index (χ2v) is 9.03. The zero-order valence-corrected chi connectivity index (χ0v) is 15.7. The highest BCUT2D eigenvalue weighted by Crippen LogP contribution is 2.22. The van der Waals surface area contributed by atoms with Crippen LogP contribution in [0, 0.1) is 0 Å². The first-order valence-electron chi connectivity index (χ1n) is 8.89. The first-order chi connectivity index (χ1) is 12.5. The lowest BCUT2D eigenvalue weighted by atomic mass is 10.2. The van der Waals surface area contributed by atoms with Gasteiger partial charge in [-0.05, 0) is 32.4 Å². The van der Waals surface area contributed by atoms with Crippen molar-refractivity contribution in [2.75, 3.05) is 31.1 Å². The highest BCUT2D eigenvalue weighted by molar-refractivity contribution is 7.89. The summed E-state index contributed by atoms with van der Waals surface area (Å²) in [5, 5.41) is 11.9. The number of fused-ring (bicyclic) bond motifs is 1. The molecule has 2 aromatic heterocycles. The Morgan fingerprint density at radius 3 is 2.62 bits per heavy atom. The van der Waals surface area contributed by atoms with Crippen LogP contribution in [-0.4, -0.2) is 76.0 Å². The summed E-state index contributed by atoms with van der Waals surface area (Å²) < 4.78 is 29.5. The Kier molecular flexibility index (Phi) is 4.55. The minimum atomic E-state index is -3.38. The minimum absolute atomic E-state index is 0.118. The molecule has 2 fully saturated rings. The summed E-state index contributed by atoms with van der Waals surface area (Å²) in [5.74, 6) is 0.808. The van der Waals surface area contributed by atoms with E-state index in [4.69, 9.17) is 0 Å². The number of aromatic nitrogens is 4. The molecule has 2 atom stereocenters.